The highest BCUT2D eigenvalue weighted by molar-refractivity contribution is 5.76. The van der Waals surface area contributed by atoms with E-state index in [1.54, 1.807) is 0 Å². The Hall–Kier alpha value is -2.17. The summed E-state index contributed by atoms with van der Waals surface area (Å²) in [6.07, 6.45) is 1.05. The van der Waals surface area contributed by atoms with E-state index in [4.69, 9.17) is 4.52 Å². The zero-order valence-electron chi connectivity index (χ0n) is 14.3. The van der Waals surface area contributed by atoms with Crippen LogP contribution in [0.1, 0.15) is 57.3 Å². The van der Waals surface area contributed by atoms with Crippen molar-refractivity contribution in [3.05, 3.63) is 47.6 Å². The van der Waals surface area contributed by atoms with Gasteiger partial charge in [-0.3, -0.25) is 4.79 Å². The van der Waals surface area contributed by atoms with Crippen molar-refractivity contribution < 1.29 is 9.32 Å². The van der Waals surface area contributed by atoms with Crippen LogP contribution >= 0.6 is 0 Å². The molecule has 0 aliphatic rings. The van der Waals surface area contributed by atoms with Gasteiger partial charge in [-0.05, 0) is 11.5 Å². The number of hydrogen-bond donors (Lipinski definition) is 1. The molecule has 1 amide bonds. The van der Waals surface area contributed by atoms with E-state index in [-0.39, 0.29) is 17.2 Å². The Kier molecular flexibility index (Phi) is 5.53. The predicted octanol–water partition coefficient (Wildman–Crippen LogP) is 3.22. The second-order valence-electron chi connectivity index (χ2n) is 6.88. The lowest BCUT2D eigenvalue weighted by Crippen LogP contribution is -2.27. The van der Waals surface area contributed by atoms with E-state index in [2.05, 4.69) is 22.4 Å². The molecule has 5 nitrogen and oxygen atoms in total. The molecule has 1 heterocycles. The fraction of sp³-hybridized carbons (Fsp3) is 0.500. The number of nitrogens with one attached hydrogen (secondary N) is 1. The molecule has 5 heteroatoms. The topological polar surface area (TPSA) is 68.0 Å². The summed E-state index contributed by atoms with van der Waals surface area (Å²) in [5, 5.41) is 6.87. The molecule has 1 atom stereocenters. The van der Waals surface area contributed by atoms with Gasteiger partial charge in [0.2, 0.25) is 11.8 Å². The molecule has 0 saturated carbocycles. The zero-order chi connectivity index (χ0) is 16.9. The lowest BCUT2D eigenvalue weighted by molar-refractivity contribution is -0.121. The van der Waals surface area contributed by atoms with Gasteiger partial charge in [-0.15, -0.1) is 0 Å². The maximum atomic E-state index is 12.0. The lowest BCUT2D eigenvalue weighted by Gasteiger charge is -2.11. The highest BCUT2D eigenvalue weighted by Gasteiger charge is 2.21. The van der Waals surface area contributed by atoms with Crippen molar-refractivity contribution in [2.24, 2.45) is 0 Å². The average molecular weight is 315 g/mol. The van der Waals surface area contributed by atoms with Crippen molar-refractivity contribution in [3.8, 4) is 0 Å². The van der Waals surface area contributed by atoms with E-state index in [0.29, 0.717) is 31.1 Å². The Labute approximate surface area is 137 Å². The Balaban J connectivity index is 1.76. The maximum absolute atomic E-state index is 12.0. The number of hydrogen-bond acceptors (Lipinski definition) is 4. The van der Waals surface area contributed by atoms with Crippen LogP contribution in [0.4, 0.5) is 0 Å². The van der Waals surface area contributed by atoms with Gasteiger partial charge in [0.1, 0.15) is 0 Å². The molecule has 0 saturated heterocycles. The van der Waals surface area contributed by atoms with Crippen LogP contribution < -0.4 is 5.32 Å². The highest BCUT2D eigenvalue weighted by atomic mass is 16.5. The fourth-order valence-electron chi connectivity index (χ4n) is 2.22. The summed E-state index contributed by atoms with van der Waals surface area (Å²) in [6.45, 7) is 8.65. The number of carbonyl (C=O) groups excluding carboxylic acids is 1. The van der Waals surface area contributed by atoms with Gasteiger partial charge in [-0.1, -0.05) is 63.2 Å². The maximum Gasteiger partial charge on any atom is 0.232 e. The molecule has 1 N–H and O–H groups in total. The van der Waals surface area contributed by atoms with Crippen LogP contribution in [-0.4, -0.2) is 22.6 Å². The molecule has 23 heavy (non-hydrogen) atoms. The van der Waals surface area contributed by atoms with Crippen molar-refractivity contribution in [1.29, 1.82) is 0 Å². The number of benzene rings is 1. The third kappa shape index (κ3) is 5.20. The van der Waals surface area contributed by atoms with E-state index in [1.807, 2.05) is 51.1 Å². The van der Waals surface area contributed by atoms with Crippen molar-refractivity contribution in [3.63, 3.8) is 0 Å². The predicted molar refractivity (Wildman–Crippen MR) is 89.2 cm³/mol. The molecule has 0 fully saturated rings. The third-order valence-electron chi connectivity index (χ3n) is 3.64. The summed E-state index contributed by atoms with van der Waals surface area (Å²) in [5.74, 6) is 1.50. The standard InChI is InChI=1S/C18H25N3O2/c1-13(14-8-6-5-7-9-14)12-16(22)19-11-10-15-20-17(23-21-15)18(2,3)4/h5-9,13H,10-12H2,1-4H3,(H,19,22). The third-order valence-corrected chi connectivity index (χ3v) is 3.64. The molecular formula is C18H25N3O2. The van der Waals surface area contributed by atoms with Crippen LogP contribution in [0, 0.1) is 0 Å². The second-order valence-corrected chi connectivity index (χ2v) is 6.88. The minimum Gasteiger partial charge on any atom is -0.356 e. The second kappa shape index (κ2) is 7.40. The van der Waals surface area contributed by atoms with Crippen LogP contribution in [0.2, 0.25) is 0 Å². The number of rotatable bonds is 6. The molecule has 2 rings (SSSR count). The molecule has 2 aromatic rings. The molecule has 0 spiro atoms. The van der Waals surface area contributed by atoms with Gasteiger partial charge < -0.3 is 9.84 Å². The van der Waals surface area contributed by atoms with Crippen LogP contribution in [-0.2, 0) is 16.6 Å². The largest absolute Gasteiger partial charge is 0.356 e. The van der Waals surface area contributed by atoms with E-state index in [0.717, 1.165) is 0 Å². The molecule has 0 aliphatic carbocycles. The van der Waals surface area contributed by atoms with E-state index < -0.39 is 0 Å². The van der Waals surface area contributed by atoms with Crippen molar-refractivity contribution >= 4 is 5.91 Å². The first-order valence-electron chi connectivity index (χ1n) is 8.01. The number of carbonyl (C=O) groups is 1. The molecule has 0 radical (unpaired) electrons. The van der Waals surface area contributed by atoms with Gasteiger partial charge >= 0.3 is 0 Å². The molecule has 1 unspecified atom stereocenters. The molecule has 124 valence electrons. The van der Waals surface area contributed by atoms with E-state index in [1.165, 1.54) is 5.56 Å². The molecule has 0 aliphatic heterocycles. The summed E-state index contributed by atoms with van der Waals surface area (Å²) in [7, 11) is 0. The Morgan fingerprint density at radius 3 is 2.57 bits per heavy atom. The van der Waals surface area contributed by atoms with E-state index in [9.17, 15) is 4.79 Å². The SMILES string of the molecule is CC(CC(=O)NCCc1noc(C(C)(C)C)n1)c1ccccc1. The van der Waals surface area contributed by atoms with Gasteiger partial charge in [-0.25, -0.2) is 0 Å². The quantitative estimate of drug-likeness (QED) is 0.888. The number of nitrogens with zero attached hydrogens (tertiary/aromatic N) is 2. The Morgan fingerprint density at radius 2 is 1.96 bits per heavy atom. The first kappa shape index (κ1) is 17.2. The summed E-state index contributed by atoms with van der Waals surface area (Å²) < 4.78 is 5.24. The van der Waals surface area contributed by atoms with Crippen LogP contribution in [0.15, 0.2) is 34.9 Å². The normalized spacial score (nSPS) is 12.9. The van der Waals surface area contributed by atoms with Gasteiger partial charge in [0.15, 0.2) is 5.82 Å². The lowest BCUT2D eigenvalue weighted by atomic mass is 9.97. The minimum absolute atomic E-state index is 0.0425. The Morgan fingerprint density at radius 1 is 1.26 bits per heavy atom. The number of amides is 1. The van der Waals surface area contributed by atoms with Crippen molar-refractivity contribution in [1.82, 2.24) is 15.5 Å². The minimum atomic E-state index is -0.153. The number of aromatic nitrogens is 2. The zero-order valence-corrected chi connectivity index (χ0v) is 14.3. The summed E-state index contributed by atoms with van der Waals surface area (Å²) in [6, 6.07) is 10.1. The van der Waals surface area contributed by atoms with Crippen LogP contribution in [0.25, 0.3) is 0 Å². The van der Waals surface area contributed by atoms with Gasteiger partial charge in [0.05, 0.1) is 0 Å². The molecule has 1 aromatic carbocycles. The Bertz CT molecular complexity index is 629. The smallest absolute Gasteiger partial charge is 0.232 e. The highest BCUT2D eigenvalue weighted by Crippen LogP contribution is 2.20. The van der Waals surface area contributed by atoms with E-state index >= 15 is 0 Å². The monoisotopic (exact) mass is 315 g/mol. The summed E-state index contributed by atoms with van der Waals surface area (Å²) >= 11 is 0. The van der Waals surface area contributed by atoms with Gasteiger partial charge in [0, 0.05) is 24.8 Å². The first-order chi connectivity index (χ1) is 10.9. The first-order valence-corrected chi connectivity index (χ1v) is 8.01. The molecular weight excluding hydrogens is 290 g/mol. The van der Waals surface area contributed by atoms with Gasteiger partial charge in [0.25, 0.3) is 0 Å². The van der Waals surface area contributed by atoms with Crippen molar-refractivity contribution in [2.75, 3.05) is 6.54 Å². The van der Waals surface area contributed by atoms with Crippen LogP contribution in [0.5, 0.6) is 0 Å². The van der Waals surface area contributed by atoms with Crippen LogP contribution in [0.3, 0.4) is 0 Å². The average Bonchev–Trinajstić information content (AvgIpc) is 2.97. The van der Waals surface area contributed by atoms with Gasteiger partial charge in [-0.2, -0.15) is 4.98 Å². The summed E-state index contributed by atoms with van der Waals surface area (Å²) in [4.78, 5) is 16.4. The summed E-state index contributed by atoms with van der Waals surface area (Å²) in [5.41, 5.74) is 1.02. The fourth-order valence-corrected chi connectivity index (χ4v) is 2.22. The van der Waals surface area contributed by atoms with Crippen molar-refractivity contribution in [2.45, 2.75) is 51.9 Å². The molecule has 1 aromatic heterocycles. The molecule has 0 bridgehead atoms.